The number of guanidine groups is 1. The average Bonchev–Trinajstić information content (AvgIpc) is 3.11. The zero-order chi connectivity index (χ0) is 21.0. The SMILES string of the molecule is Cc1nnc(CN=C(NCCCN2CCOCC2)NCCSc2ccccc2)n1C.I. The van der Waals surface area contributed by atoms with Gasteiger partial charge in [0.15, 0.2) is 11.8 Å². The van der Waals surface area contributed by atoms with E-state index in [0.29, 0.717) is 6.54 Å². The summed E-state index contributed by atoms with van der Waals surface area (Å²) < 4.78 is 7.39. The number of benzene rings is 1. The van der Waals surface area contributed by atoms with Crippen molar-refractivity contribution in [1.82, 2.24) is 30.3 Å². The Morgan fingerprint density at radius 2 is 1.87 bits per heavy atom. The fourth-order valence-electron chi connectivity index (χ4n) is 3.10. The monoisotopic (exact) mass is 559 g/mol. The number of thioether (sulfide) groups is 1. The second-order valence-corrected chi connectivity index (χ2v) is 8.38. The van der Waals surface area contributed by atoms with Crippen molar-refractivity contribution in [3.8, 4) is 0 Å². The smallest absolute Gasteiger partial charge is 0.191 e. The summed E-state index contributed by atoms with van der Waals surface area (Å²) in [5.74, 6) is 3.56. The van der Waals surface area contributed by atoms with Gasteiger partial charge in [-0.3, -0.25) is 4.90 Å². The Hall–Kier alpha value is -1.37. The van der Waals surface area contributed by atoms with Crippen LogP contribution in [0.2, 0.25) is 0 Å². The molecular weight excluding hydrogens is 525 g/mol. The van der Waals surface area contributed by atoms with Crippen LogP contribution >= 0.6 is 35.7 Å². The van der Waals surface area contributed by atoms with Crippen LogP contribution in [0.25, 0.3) is 0 Å². The van der Waals surface area contributed by atoms with E-state index >= 15 is 0 Å². The Morgan fingerprint density at radius 3 is 2.58 bits per heavy atom. The highest BCUT2D eigenvalue weighted by atomic mass is 127. The van der Waals surface area contributed by atoms with Crippen molar-refractivity contribution < 1.29 is 4.74 Å². The molecule has 1 aromatic heterocycles. The number of aryl methyl sites for hydroxylation is 1. The summed E-state index contributed by atoms with van der Waals surface area (Å²) in [5, 5.41) is 15.2. The molecule has 2 aromatic rings. The summed E-state index contributed by atoms with van der Waals surface area (Å²) in [6, 6.07) is 10.5. The van der Waals surface area contributed by atoms with Gasteiger partial charge in [0.2, 0.25) is 0 Å². The van der Waals surface area contributed by atoms with Crippen molar-refractivity contribution in [3.63, 3.8) is 0 Å². The fraction of sp³-hybridized carbons (Fsp3) is 0.571. The van der Waals surface area contributed by atoms with Gasteiger partial charge in [0.1, 0.15) is 12.4 Å². The molecule has 0 amide bonds. The topological polar surface area (TPSA) is 79.6 Å². The molecule has 0 atom stereocenters. The Balaban J connectivity index is 0.00000341. The van der Waals surface area contributed by atoms with E-state index in [-0.39, 0.29) is 24.0 Å². The molecule has 1 fully saturated rings. The van der Waals surface area contributed by atoms with Gasteiger partial charge in [-0.1, -0.05) is 18.2 Å². The molecule has 172 valence electrons. The third kappa shape index (κ3) is 9.34. The minimum atomic E-state index is 0. The van der Waals surface area contributed by atoms with Crippen LogP contribution in [-0.2, 0) is 18.3 Å². The van der Waals surface area contributed by atoms with Crippen LogP contribution < -0.4 is 10.6 Å². The molecule has 0 unspecified atom stereocenters. The molecule has 8 nitrogen and oxygen atoms in total. The summed E-state index contributed by atoms with van der Waals surface area (Å²) in [6.45, 7) is 9.00. The highest BCUT2D eigenvalue weighted by Gasteiger charge is 2.10. The Bertz CT molecular complexity index is 781. The lowest BCUT2D eigenvalue weighted by Crippen LogP contribution is -2.41. The van der Waals surface area contributed by atoms with E-state index in [2.05, 4.69) is 50.0 Å². The lowest BCUT2D eigenvalue weighted by atomic mass is 10.3. The predicted molar refractivity (Wildman–Crippen MR) is 137 cm³/mol. The van der Waals surface area contributed by atoms with E-state index in [1.54, 1.807) is 0 Å². The zero-order valence-electron chi connectivity index (χ0n) is 18.4. The lowest BCUT2D eigenvalue weighted by Gasteiger charge is -2.26. The highest BCUT2D eigenvalue weighted by molar-refractivity contribution is 14.0. The number of rotatable bonds is 10. The van der Waals surface area contributed by atoms with Crippen LogP contribution in [0, 0.1) is 6.92 Å². The van der Waals surface area contributed by atoms with Crippen LogP contribution in [0.15, 0.2) is 40.2 Å². The number of hydrogen-bond donors (Lipinski definition) is 2. The average molecular weight is 560 g/mol. The normalized spacial score (nSPS) is 14.8. The van der Waals surface area contributed by atoms with Crippen molar-refractivity contribution in [1.29, 1.82) is 0 Å². The first kappa shape index (κ1) is 25.9. The van der Waals surface area contributed by atoms with Crippen LogP contribution in [0.4, 0.5) is 0 Å². The number of halogens is 1. The fourth-order valence-corrected chi connectivity index (χ4v) is 3.89. The van der Waals surface area contributed by atoms with Gasteiger partial charge < -0.3 is 19.9 Å². The standard InChI is InChI=1S/C21H33N7OS.HI/c1-18-25-26-20(27(18)2)17-24-21(22-9-6-11-28-12-14-29-15-13-28)23-10-16-30-19-7-4-3-5-8-19;/h3-5,7-8H,6,9-17H2,1-2H3,(H2,22,23,24);1H. The second-order valence-electron chi connectivity index (χ2n) is 7.21. The summed E-state index contributed by atoms with van der Waals surface area (Å²) in [5.41, 5.74) is 0. The van der Waals surface area contributed by atoms with Crippen LogP contribution in [0.5, 0.6) is 0 Å². The molecule has 0 saturated carbocycles. The number of nitrogens with one attached hydrogen (secondary N) is 2. The summed E-state index contributed by atoms with van der Waals surface area (Å²) in [7, 11) is 1.97. The summed E-state index contributed by atoms with van der Waals surface area (Å²) in [4.78, 5) is 8.46. The van der Waals surface area contributed by atoms with Crippen molar-refractivity contribution in [3.05, 3.63) is 42.0 Å². The first-order valence-corrected chi connectivity index (χ1v) is 11.6. The van der Waals surface area contributed by atoms with Gasteiger partial charge in [0.05, 0.1) is 13.2 Å². The number of ether oxygens (including phenoxy) is 1. The molecule has 0 spiro atoms. The molecule has 0 bridgehead atoms. The Labute approximate surface area is 206 Å². The molecular formula is C21H34IN7OS. The first-order chi connectivity index (χ1) is 14.7. The predicted octanol–water partition coefficient (Wildman–Crippen LogP) is 2.29. The largest absolute Gasteiger partial charge is 0.379 e. The van der Waals surface area contributed by atoms with E-state index in [1.807, 2.05) is 36.4 Å². The quantitative estimate of drug-likeness (QED) is 0.152. The Kier molecular flexibility index (Phi) is 12.2. The van der Waals surface area contributed by atoms with Gasteiger partial charge in [-0.05, 0) is 32.0 Å². The maximum Gasteiger partial charge on any atom is 0.191 e. The molecule has 2 N–H and O–H groups in total. The van der Waals surface area contributed by atoms with Gasteiger partial charge >= 0.3 is 0 Å². The molecule has 1 aromatic carbocycles. The van der Waals surface area contributed by atoms with Gasteiger partial charge in [-0.2, -0.15) is 0 Å². The molecule has 0 radical (unpaired) electrons. The Morgan fingerprint density at radius 1 is 1.13 bits per heavy atom. The van der Waals surface area contributed by atoms with E-state index in [9.17, 15) is 0 Å². The molecule has 1 saturated heterocycles. The number of morpholine rings is 1. The minimum Gasteiger partial charge on any atom is -0.379 e. The van der Waals surface area contributed by atoms with Crippen molar-refractivity contribution in [2.45, 2.75) is 24.8 Å². The molecule has 0 aliphatic carbocycles. The number of aliphatic imine (C=N–C) groups is 1. The van der Waals surface area contributed by atoms with Gasteiger partial charge in [0, 0.05) is 43.9 Å². The molecule has 1 aliphatic heterocycles. The maximum absolute atomic E-state index is 5.42. The van der Waals surface area contributed by atoms with Crippen LogP contribution in [0.1, 0.15) is 18.1 Å². The highest BCUT2D eigenvalue weighted by Crippen LogP contribution is 2.15. The number of aromatic nitrogens is 3. The maximum atomic E-state index is 5.42. The minimum absolute atomic E-state index is 0. The van der Waals surface area contributed by atoms with Crippen molar-refractivity contribution in [2.75, 3.05) is 51.7 Å². The number of hydrogen-bond acceptors (Lipinski definition) is 6. The third-order valence-electron chi connectivity index (χ3n) is 5.02. The summed E-state index contributed by atoms with van der Waals surface area (Å²) >= 11 is 1.84. The van der Waals surface area contributed by atoms with Gasteiger partial charge in [-0.25, -0.2) is 4.99 Å². The van der Waals surface area contributed by atoms with Crippen molar-refractivity contribution >= 4 is 41.7 Å². The molecule has 31 heavy (non-hydrogen) atoms. The number of nitrogens with zero attached hydrogens (tertiary/aromatic N) is 5. The summed E-state index contributed by atoms with van der Waals surface area (Å²) in [6.07, 6.45) is 1.07. The lowest BCUT2D eigenvalue weighted by molar-refractivity contribution is 0.0376. The first-order valence-electron chi connectivity index (χ1n) is 10.6. The van der Waals surface area contributed by atoms with Gasteiger partial charge in [-0.15, -0.1) is 45.9 Å². The van der Waals surface area contributed by atoms with Crippen molar-refractivity contribution in [2.24, 2.45) is 12.0 Å². The van der Waals surface area contributed by atoms with E-state index < -0.39 is 0 Å². The molecule has 1 aliphatic rings. The second kappa shape index (κ2) is 14.6. The van der Waals surface area contributed by atoms with E-state index in [4.69, 9.17) is 9.73 Å². The molecule has 3 rings (SSSR count). The molecule has 2 heterocycles. The van der Waals surface area contributed by atoms with E-state index in [0.717, 1.165) is 75.7 Å². The molecule has 10 heteroatoms. The van der Waals surface area contributed by atoms with E-state index in [1.165, 1.54) is 4.90 Å². The van der Waals surface area contributed by atoms with Crippen LogP contribution in [-0.4, -0.2) is 77.3 Å². The third-order valence-corrected chi connectivity index (χ3v) is 6.03. The zero-order valence-corrected chi connectivity index (χ0v) is 21.6. The van der Waals surface area contributed by atoms with Crippen LogP contribution in [0.3, 0.4) is 0 Å². The van der Waals surface area contributed by atoms with Gasteiger partial charge in [0.25, 0.3) is 0 Å².